The second kappa shape index (κ2) is 8.04. The largest absolute Gasteiger partial charge is 0.485 e. The van der Waals surface area contributed by atoms with Gasteiger partial charge in [0.05, 0.1) is 4.90 Å². The van der Waals surface area contributed by atoms with E-state index in [2.05, 4.69) is 33.8 Å². The predicted molar refractivity (Wildman–Crippen MR) is 104 cm³/mol. The van der Waals surface area contributed by atoms with Gasteiger partial charge in [0.1, 0.15) is 5.75 Å². The zero-order valence-electron chi connectivity index (χ0n) is 15.9. The first kappa shape index (κ1) is 20.2. The quantitative estimate of drug-likeness (QED) is 0.665. The topological polar surface area (TPSA) is 60.4 Å². The normalized spacial score (nSPS) is 11.8. The molecule has 0 saturated heterocycles. The second-order valence-electron chi connectivity index (χ2n) is 7.11. The Bertz CT molecular complexity index is 896. The monoisotopic (exact) mass is 374 g/mol. The molecule has 2 rings (SSSR count). The number of hydrogen-bond acceptors (Lipinski definition) is 4. The Morgan fingerprint density at radius 1 is 1.00 bits per heavy atom. The van der Waals surface area contributed by atoms with Crippen molar-refractivity contribution in [1.29, 1.82) is 0 Å². The van der Waals surface area contributed by atoms with Gasteiger partial charge >= 0.3 is 0 Å². The van der Waals surface area contributed by atoms with Crippen LogP contribution in [0.2, 0.25) is 0 Å². The lowest BCUT2D eigenvalue weighted by Crippen LogP contribution is -2.15. The van der Waals surface area contributed by atoms with Gasteiger partial charge in [-0.1, -0.05) is 52.0 Å². The summed E-state index contributed by atoms with van der Waals surface area (Å²) in [4.78, 5) is 12.8. The van der Waals surface area contributed by atoms with E-state index in [1.807, 2.05) is 12.1 Å². The molecule has 0 radical (unpaired) electrons. The fourth-order valence-electron chi connectivity index (χ4n) is 2.69. The van der Waals surface area contributed by atoms with Gasteiger partial charge in [-0.25, -0.2) is 8.42 Å². The molecule has 5 heteroatoms. The summed E-state index contributed by atoms with van der Waals surface area (Å²) in [6.07, 6.45) is 1.14. The maximum absolute atomic E-state index is 12.7. The van der Waals surface area contributed by atoms with E-state index in [4.69, 9.17) is 4.74 Å². The molecule has 4 nitrogen and oxygen atoms in total. The van der Waals surface area contributed by atoms with Gasteiger partial charge in [0.2, 0.25) is 0 Å². The van der Waals surface area contributed by atoms with Crippen LogP contribution in [0.4, 0.5) is 0 Å². The van der Waals surface area contributed by atoms with Crippen molar-refractivity contribution in [2.24, 2.45) is 0 Å². The molecule has 0 fully saturated rings. The number of carbonyl (C=O) groups is 1. The SMILES string of the molecule is CC(C)c1ccc(C(=O)COc2cccc(S(C)(=O)=O)c2)c(C(C)C)c1. The van der Waals surface area contributed by atoms with Crippen LogP contribution >= 0.6 is 0 Å². The molecule has 0 heterocycles. The molecule has 140 valence electrons. The van der Waals surface area contributed by atoms with Gasteiger partial charge in [-0.15, -0.1) is 0 Å². The van der Waals surface area contributed by atoms with Gasteiger partial charge < -0.3 is 4.74 Å². The number of rotatable bonds is 7. The third kappa shape index (κ3) is 4.94. The maximum Gasteiger partial charge on any atom is 0.200 e. The number of hydrogen-bond donors (Lipinski definition) is 0. The van der Waals surface area contributed by atoms with E-state index in [9.17, 15) is 13.2 Å². The lowest BCUT2D eigenvalue weighted by molar-refractivity contribution is 0.0920. The number of ether oxygens (including phenoxy) is 1. The highest BCUT2D eigenvalue weighted by atomic mass is 32.2. The van der Waals surface area contributed by atoms with Crippen molar-refractivity contribution in [2.75, 3.05) is 12.9 Å². The smallest absolute Gasteiger partial charge is 0.200 e. The number of benzene rings is 2. The molecule has 0 aliphatic carbocycles. The summed E-state index contributed by atoms with van der Waals surface area (Å²) >= 11 is 0. The molecule has 0 amide bonds. The van der Waals surface area contributed by atoms with Crippen LogP contribution in [-0.4, -0.2) is 27.1 Å². The van der Waals surface area contributed by atoms with E-state index >= 15 is 0 Å². The minimum absolute atomic E-state index is 0.117. The second-order valence-corrected chi connectivity index (χ2v) is 9.13. The predicted octanol–water partition coefficient (Wildman–Crippen LogP) is 4.60. The first-order chi connectivity index (χ1) is 12.1. The summed E-state index contributed by atoms with van der Waals surface area (Å²) < 4.78 is 28.8. The van der Waals surface area contributed by atoms with Gasteiger partial charge in [-0.2, -0.15) is 0 Å². The van der Waals surface area contributed by atoms with E-state index in [0.717, 1.165) is 11.8 Å². The van der Waals surface area contributed by atoms with Crippen molar-refractivity contribution < 1.29 is 17.9 Å². The van der Waals surface area contributed by atoms with Crippen LogP contribution in [0.3, 0.4) is 0 Å². The van der Waals surface area contributed by atoms with Crippen LogP contribution in [0, 0.1) is 0 Å². The highest BCUT2D eigenvalue weighted by Crippen LogP contribution is 2.26. The summed E-state index contributed by atoms with van der Waals surface area (Å²) in [5.74, 6) is 0.868. The van der Waals surface area contributed by atoms with Crippen molar-refractivity contribution in [3.05, 3.63) is 59.2 Å². The first-order valence-electron chi connectivity index (χ1n) is 8.69. The third-order valence-corrected chi connectivity index (χ3v) is 5.38. The molecule has 0 unspecified atom stereocenters. The Hall–Kier alpha value is -2.14. The van der Waals surface area contributed by atoms with Gasteiger partial charge in [-0.05, 0) is 41.2 Å². The average Bonchev–Trinajstić information content (AvgIpc) is 2.58. The molecule has 0 bridgehead atoms. The molecular formula is C21H26O4S. The minimum Gasteiger partial charge on any atom is -0.485 e. The van der Waals surface area contributed by atoms with E-state index < -0.39 is 9.84 Å². The van der Waals surface area contributed by atoms with E-state index in [1.165, 1.54) is 17.7 Å². The molecule has 2 aromatic rings. The first-order valence-corrected chi connectivity index (χ1v) is 10.6. The zero-order valence-corrected chi connectivity index (χ0v) is 16.8. The Kier molecular flexibility index (Phi) is 6.24. The van der Waals surface area contributed by atoms with Crippen LogP contribution in [-0.2, 0) is 9.84 Å². The fraction of sp³-hybridized carbons (Fsp3) is 0.381. The van der Waals surface area contributed by atoms with E-state index in [1.54, 1.807) is 12.1 Å². The Labute approximate surface area is 156 Å². The number of carbonyl (C=O) groups excluding carboxylic acids is 1. The highest BCUT2D eigenvalue weighted by Gasteiger charge is 2.16. The Morgan fingerprint density at radius 2 is 1.69 bits per heavy atom. The van der Waals surface area contributed by atoms with Crippen molar-refractivity contribution in [3.63, 3.8) is 0 Å². The fourth-order valence-corrected chi connectivity index (χ4v) is 3.35. The molecule has 0 aromatic heterocycles. The van der Waals surface area contributed by atoms with Gasteiger partial charge in [0.25, 0.3) is 0 Å². The molecule has 0 aliphatic heterocycles. The number of ketones is 1. The Morgan fingerprint density at radius 3 is 2.27 bits per heavy atom. The van der Waals surface area contributed by atoms with Crippen LogP contribution in [0.5, 0.6) is 5.75 Å². The minimum atomic E-state index is -3.31. The summed E-state index contributed by atoms with van der Waals surface area (Å²) in [7, 11) is -3.31. The molecule has 0 spiro atoms. The molecule has 0 saturated carbocycles. The summed E-state index contributed by atoms with van der Waals surface area (Å²) in [5, 5.41) is 0. The van der Waals surface area contributed by atoms with Crippen LogP contribution in [0.1, 0.15) is 61.0 Å². The van der Waals surface area contributed by atoms with Gasteiger partial charge in [0, 0.05) is 11.8 Å². The molecule has 0 aliphatic rings. The number of Topliss-reactive ketones (excluding diaryl/α,β-unsaturated/α-hetero) is 1. The van der Waals surface area contributed by atoms with Crippen LogP contribution in [0.15, 0.2) is 47.4 Å². The van der Waals surface area contributed by atoms with E-state index in [0.29, 0.717) is 17.2 Å². The maximum atomic E-state index is 12.7. The Balaban J connectivity index is 2.21. The molecule has 2 aromatic carbocycles. The van der Waals surface area contributed by atoms with Crippen molar-refractivity contribution in [1.82, 2.24) is 0 Å². The number of sulfone groups is 1. The third-order valence-electron chi connectivity index (χ3n) is 4.27. The molecule has 0 N–H and O–H groups in total. The van der Waals surface area contributed by atoms with Crippen LogP contribution in [0.25, 0.3) is 0 Å². The highest BCUT2D eigenvalue weighted by molar-refractivity contribution is 7.90. The summed E-state index contributed by atoms with van der Waals surface area (Å²) in [6.45, 7) is 8.24. The lowest BCUT2D eigenvalue weighted by Gasteiger charge is -2.16. The van der Waals surface area contributed by atoms with Gasteiger partial charge in [-0.3, -0.25) is 4.79 Å². The van der Waals surface area contributed by atoms with Crippen molar-refractivity contribution >= 4 is 15.6 Å². The summed E-state index contributed by atoms with van der Waals surface area (Å²) in [6, 6.07) is 12.1. The lowest BCUT2D eigenvalue weighted by atomic mass is 9.90. The zero-order chi connectivity index (χ0) is 19.5. The van der Waals surface area contributed by atoms with E-state index in [-0.39, 0.29) is 23.2 Å². The van der Waals surface area contributed by atoms with Crippen LogP contribution < -0.4 is 4.74 Å². The molecular weight excluding hydrogens is 348 g/mol. The van der Waals surface area contributed by atoms with Crippen molar-refractivity contribution in [2.45, 2.75) is 44.4 Å². The van der Waals surface area contributed by atoms with Crippen molar-refractivity contribution in [3.8, 4) is 5.75 Å². The average molecular weight is 375 g/mol. The van der Waals surface area contributed by atoms with Gasteiger partial charge in [0.15, 0.2) is 22.2 Å². The molecule has 26 heavy (non-hydrogen) atoms. The molecule has 0 atom stereocenters. The standard InChI is InChI=1S/C21H26O4S/c1-14(2)16-9-10-19(20(11-16)15(3)4)21(22)13-25-17-7-6-8-18(12-17)26(5,23)24/h6-12,14-15H,13H2,1-5H3. The summed E-state index contributed by atoms with van der Waals surface area (Å²) in [5.41, 5.74) is 2.87.